The second-order valence-corrected chi connectivity index (χ2v) is 18.7. The third kappa shape index (κ3) is 3.93. The van der Waals surface area contributed by atoms with Crippen LogP contribution in [-0.2, 0) is 9.59 Å². The molecular weight excluding hydrogens is 514 g/mol. The molecule has 4 aliphatic rings. The highest BCUT2D eigenvalue weighted by Crippen LogP contribution is 2.60. The van der Waals surface area contributed by atoms with E-state index < -0.39 is 19.8 Å². The Balaban J connectivity index is 1.41. The van der Waals surface area contributed by atoms with Crippen LogP contribution in [0, 0.1) is 17.8 Å². The number of imide groups is 1. The molecule has 2 aromatic carbocycles. The fourth-order valence-corrected chi connectivity index (χ4v) is 14.0. The van der Waals surface area contributed by atoms with Gasteiger partial charge in [-0.2, -0.15) is 0 Å². The van der Waals surface area contributed by atoms with Gasteiger partial charge in [0.15, 0.2) is 0 Å². The van der Waals surface area contributed by atoms with E-state index in [0.29, 0.717) is 28.7 Å². The molecule has 6 heteroatoms. The highest BCUT2D eigenvalue weighted by Gasteiger charge is 2.62. The molecule has 1 saturated carbocycles. The lowest BCUT2D eigenvalue weighted by Crippen LogP contribution is -2.52. The second kappa shape index (κ2) is 9.90. The summed E-state index contributed by atoms with van der Waals surface area (Å²) in [5.74, 6) is 0.780. The monoisotopic (exact) mass is 557 g/mol. The predicted octanol–water partition coefficient (Wildman–Crippen LogP) is 8.16. The molecule has 1 spiro atoms. The van der Waals surface area contributed by atoms with E-state index in [4.69, 9.17) is 9.16 Å². The summed E-state index contributed by atoms with van der Waals surface area (Å²) in [6.45, 7) is 13.8. The van der Waals surface area contributed by atoms with E-state index in [1.54, 1.807) is 0 Å². The van der Waals surface area contributed by atoms with Gasteiger partial charge in [-0.1, -0.05) is 65.8 Å². The van der Waals surface area contributed by atoms with Gasteiger partial charge in [0, 0.05) is 17.5 Å². The van der Waals surface area contributed by atoms with Gasteiger partial charge in [-0.3, -0.25) is 14.5 Å². The minimum absolute atomic E-state index is 0.0725. The first-order chi connectivity index (χ1) is 19.1. The molecule has 3 atom stereocenters. The van der Waals surface area contributed by atoms with Crippen LogP contribution in [0.25, 0.3) is 5.57 Å². The van der Waals surface area contributed by atoms with Crippen molar-refractivity contribution in [2.45, 2.75) is 95.9 Å². The van der Waals surface area contributed by atoms with Gasteiger partial charge in [-0.05, 0) is 78.6 Å². The molecule has 2 aliphatic carbocycles. The Hall–Kier alpha value is -2.86. The summed E-state index contributed by atoms with van der Waals surface area (Å²) in [4.78, 5) is 29.1. The number of fused-ring (bicyclic) bond motifs is 6. The van der Waals surface area contributed by atoms with Gasteiger partial charge in [0.1, 0.15) is 17.1 Å². The Morgan fingerprint density at radius 2 is 1.55 bits per heavy atom. The first-order valence-corrected chi connectivity index (χ1v) is 17.4. The maximum atomic E-state index is 14.1. The molecule has 0 radical (unpaired) electrons. The van der Waals surface area contributed by atoms with E-state index in [1.807, 2.05) is 30.3 Å². The van der Waals surface area contributed by atoms with E-state index in [1.165, 1.54) is 10.5 Å². The van der Waals surface area contributed by atoms with E-state index >= 15 is 0 Å². The van der Waals surface area contributed by atoms with Gasteiger partial charge in [0.05, 0.1) is 17.5 Å². The van der Waals surface area contributed by atoms with Crippen LogP contribution in [0.4, 0.5) is 5.69 Å². The normalized spacial score (nSPS) is 25.3. The van der Waals surface area contributed by atoms with Crippen LogP contribution in [0.15, 0.2) is 54.6 Å². The molecule has 0 bridgehead atoms. The van der Waals surface area contributed by atoms with Crippen molar-refractivity contribution in [3.05, 3.63) is 60.2 Å². The van der Waals surface area contributed by atoms with Crippen molar-refractivity contribution in [1.29, 1.82) is 0 Å². The Bertz CT molecular complexity index is 1320. The quantitative estimate of drug-likeness (QED) is 0.266. The lowest BCUT2D eigenvalue weighted by Gasteiger charge is -2.48. The molecule has 0 N–H and O–H groups in total. The molecule has 2 heterocycles. The molecule has 40 heavy (non-hydrogen) atoms. The standard InChI is InChI=1S/C34H43NO4Si/c1-21(2)40(22(3)4,23(5)6)39-25-14-15-26-27-16-17-28-30(31(27)34(18-10-11-19-34)38-29(26)20-25)33(37)35(32(28)36)24-12-8-7-9-13-24/h7-9,12-16,20-23,28,30-31H,10-11,17-19H2,1-6H3/t28-,30-,31+/m0/s1. The maximum absolute atomic E-state index is 14.1. The Kier molecular flexibility index (Phi) is 6.76. The minimum Gasteiger partial charge on any atom is -0.543 e. The number of amides is 2. The van der Waals surface area contributed by atoms with Crippen LogP contribution in [0.2, 0.25) is 16.6 Å². The van der Waals surface area contributed by atoms with Crippen LogP contribution in [0.1, 0.15) is 79.2 Å². The van der Waals surface area contributed by atoms with Crippen molar-refractivity contribution < 1.29 is 18.8 Å². The highest BCUT2D eigenvalue weighted by atomic mass is 28.4. The van der Waals surface area contributed by atoms with Crippen molar-refractivity contribution in [3.63, 3.8) is 0 Å². The van der Waals surface area contributed by atoms with E-state index in [0.717, 1.165) is 42.7 Å². The summed E-state index contributed by atoms with van der Waals surface area (Å²) >= 11 is 0. The molecule has 2 fully saturated rings. The molecular formula is C34H43NO4Si. The SMILES string of the molecule is CC(C)[Si](Oc1ccc2c(c1)OC1(CCCC1)[C@@H]1C2=CC[C@@H]2C(=O)N(c3ccccc3)C(=O)[C@@H]21)(C(C)C)C(C)C. The van der Waals surface area contributed by atoms with Gasteiger partial charge in [-0.15, -0.1) is 0 Å². The number of ether oxygens (including phenoxy) is 1. The summed E-state index contributed by atoms with van der Waals surface area (Å²) in [6.07, 6.45) is 6.77. The van der Waals surface area contributed by atoms with Gasteiger partial charge in [0.2, 0.25) is 11.8 Å². The van der Waals surface area contributed by atoms with Crippen molar-refractivity contribution in [2.24, 2.45) is 17.8 Å². The molecule has 2 aromatic rings. The van der Waals surface area contributed by atoms with E-state index in [-0.39, 0.29) is 23.7 Å². The van der Waals surface area contributed by atoms with Gasteiger partial charge < -0.3 is 9.16 Å². The number of nitrogens with zero attached hydrogens (tertiary/aromatic N) is 1. The first kappa shape index (κ1) is 27.3. The average Bonchev–Trinajstić information content (AvgIpc) is 3.49. The predicted molar refractivity (Wildman–Crippen MR) is 162 cm³/mol. The number of carbonyl (C=O) groups is 2. The molecule has 5 nitrogen and oxygen atoms in total. The number of hydrogen-bond acceptors (Lipinski definition) is 4. The summed E-state index contributed by atoms with van der Waals surface area (Å²) in [5.41, 5.74) is 3.88. The Morgan fingerprint density at radius 1 is 0.900 bits per heavy atom. The van der Waals surface area contributed by atoms with Gasteiger partial charge in [-0.25, -0.2) is 0 Å². The van der Waals surface area contributed by atoms with Gasteiger partial charge >= 0.3 is 0 Å². The summed E-state index contributed by atoms with van der Waals surface area (Å²) in [5, 5.41) is 0. The van der Waals surface area contributed by atoms with Crippen molar-refractivity contribution >= 4 is 31.4 Å². The van der Waals surface area contributed by atoms with Gasteiger partial charge in [0.25, 0.3) is 8.32 Å². The largest absolute Gasteiger partial charge is 0.543 e. The third-order valence-corrected chi connectivity index (χ3v) is 16.4. The van der Waals surface area contributed by atoms with E-state index in [9.17, 15) is 9.59 Å². The molecule has 2 aliphatic heterocycles. The molecule has 2 amide bonds. The first-order valence-electron chi connectivity index (χ1n) is 15.3. The Labute approximate surface area is 240 Å². The summed E-state index contributed by atoms with van der Waals surface area (Å²) in [6, 6.07) is 15.8. The zero-order valence-corrected chi connectivity index (χ0v) is 25.8. The molecule has 0 aromatic heterocycles. The van der Waals surface area contributed by atoms with Crippen LogP contribution >= 0.6 is 0 Å². The van der Waals surface area contributed by atoms with Crippen molar-refractivity contribution in [2.75, 3.05) is 4.90 Å². The molecule has 0 unspecified atom stereocenters. The van der Waals surface area contributed by atoms with Crippen LogP contribution in [-0.4, -0.2) is 25.7 Å². The molecule has 212 valence electrons. The number of anilines is 1. The van der Waals surface area contributed by atoms with Crippen LogP contribution in [0.5, 0.6) is 11.5 Å². The third-order valence-electron chi connectivity index (χ3n) is 10.4. The zero-order chi connectivity index (χ0) is 28.4. The smallest absolute Gasteiger partial charge is 0.258 e. The summed E-state index contributed by atoms with van der Waals surface area (Å²) in [7, 11) is -2.12. The zero-order valence-electron chi connectivity index (χ0n) is 24.8. The van der Waals surface area contributed by atoms with Crippen molar-refractivity contribution in [1.82, 2.24) is 0 Å². The van der Waals surface area contributed by atoms with Crippen LogP contribution in [0.3, 0.4) is 0 Å². The lowest BCUT2D eigenvalue weighted by atomic mass is 9.62. The minimum atomic E-state index is -2.12. The number of benzene rings is 2. The maximum Gasteiger partial charge on any atom is 0.258 e. The topological polar surface area (TPSA) is 55.8 Å². The number of allylic oxidation sites excluding steroid dienone is 1. The number of para-hydroxylation sites is 1. The molecule has 1 saturated heterocycles. The lowest BCUT2D eigenvalue weighted by molar-refractivity contribution is -0.125. The average molecular weight is 558 g/mol. The fourth-order valence-electron chi connectivity index (χ4n) is 8.78. The number of rotatable bonds is 6. The highest BCUT2D eigenvalue weighted by molar-refractivity contribution is 6.78. The number of carbonyl (C=O) groups excluding carboxylic acids is 2. The summed E-state index contributed by atoms with van der Waals surface area (Å²) < 4.78 is 14.1. The second-order valence-electron chi connectivity index (χ2n) is 13.3. The number of hydrogen-bond donors (Lipinski definition) is 0. The fraction of sp³-hybridized carbons (Fsp3) is 0.529. The molecule has 6 rings (SSSR count). The van der Waals surface area contributed by atoms with Crippen molar-refractivity contribution in [3.8, 4) is 11.5 Å². The van der Waals surface area contributed by atoms with E-state index in [2.05, 4.69) is 65.8 Å². The van der Waals surface area contributed by atoms with Crippen LogP contribution < -0.4 is 14.1 Å². The Morgan fingerprint density at radius 3 is 2.17 bits per heavy atom.